The lowest BCUT2D eigenvalue weighted by Crippen LogP contribution is -2.47. The topological polar surface area (TPSA) is 155 Å². The van der Waals surface area contributed by atoms with Gasteiger partial charge in [0.1, 0.15) is 11.8 Å². The number of aromatic nitrogens is 2. The summed E-state index contributed by atoms with van der Waals surface area (Å²) in [5.41, 5.74) is 0.214. The molecule has 2 heterocycles. The minimum Gasteiger partial charge on any atom is -0.468 e. The van der Waals surface area contributed by atoms with E-state index >= 15 is 0 Å². The van der Waals surface area contributed by atoms with Gasteiger partial charge in [0.25, 0.3) is 11.8 Å². The largest absolute Gasteiger partial charge is 0.468 e. The van der Waals surface area contributed by atoms with E-state index in [9.17, 15) is 18.9 Å². The van der Waals surface area contributed by atoms with Crippen molar-refractivity contribution in [1.29, 1.82) is 0 Å². The molecule has 1 aliphatic rings. The van der Waals surface area contributed by atoms with Crippen LogP contribution in [-0.4, -0.2) is 64.9 Å². The summed E-state index contributed by atoms with van der Waals surface area (Å²) < 4.78 is 26.3. The molecule has 15 heteroatoms. The van der Waals surface area contributed by atoms with E-state index in [0.29, 0.717) is 31.7 Å². The lowest BCUT2D eigenvalue weighted by Gasteiger charge is -2.37. The predicted molar refractivity (Wildman–Crippen MR) is 154 cm³/mol. The molecule has 41 heavy (non-hydrogen) atoms. The summed E-state index contributed by atoms with van der Waals surface area (Å²) >= 11 is 12.3. The van der Waals surface area contributed by atoms with Crippen molar-refractivity contribution in [2.24, 2.45) is 0 Å². The van der Waals surface area contributed by atoms with Crippen LogP contribution in [0.1, 0.15) is 40.6 Å². The van der Waals surface area contributed by atoms with Gasteiger partial charge in [-0.3, -0.25) is 19.5 Å². The minimum absolute atomic E-state index is 0.0180. The van der Waals surface area contributed by atoms with Crippen molar-refractivity contribution < 1.29 is 28.2 Å². The van der Waals surface area contributed by atoms with Crippen LogP contribution in [0.3, 0.4) is 0 Å². The fraction of sp³-hybridized carbons (Fsp3) is 0.308. The van der Waals surface area contributed by atoms with E-state index in [1.807, 2.05) is 0 Å². The third-order valence-corrected chi connectivity index (χ3v) is 9.30. The van der Waals surface area contributed by atoms with E-state index < -0.39 is 31.5 Å². The number of nitrogens with one attached hydrogen (secondary N) is 4. The number of esters is 1. The smallest absolute Gasteiger partial charge is 0.393 e. The summed E-state index contributed by atoms with van der Waals surface area (Å²) in [6.07, 6.45) is 2.25. The molecule has 1 fully saturated rings. The molecule has 0 aliphatic carbocycles. The highest BCUT2D eigenvalue weighted by atomic mass is 35.5. The van der Waals surface area contributed by atoms with Crippen molar-refractivity contribution in [3.8, 4) is 5.75 Å². The van der Waals surface area contributed by atoms with Gasteiger partial charge < -0.3 is 19.9 Å². The Kier molecular flexibility index (Phi) is 10.1. The number of aromatic amines is 1. The van der Waals surface area contributed by atoms with E-state index in [0.717, 1.165) is 0 Å². The van der Waals surface area contributed by atoms with Gasteiger partial charge >= 0.3 is 13.6 Å². The zero-order chi connectivity index (χ0) is 29.6. The number of para-hydroxylation sites is 1. The lowest BCUT2D eigenvalue weighted by atomic mass is 10.1. The van der Waals surface area contributed by atoms with Crippen LogP contribution in [-0.2, 0) is 14.1 Å². The molecule has 1 aromatic heterocycles. The average molecular weight is 623 g/mol. The number of halogens is 2. The molecular weight excluding hydrogens is 594 g/mol. The second kappa shape index (κ2) is 13.5. The van der Waals surface area contributed by atoms with Gasteiger partial charge in [-0.25, -0.2) is 14.3 Å². The normalized spacial score (nSPS) is 16.3. The van der Waals surface area contributed by atoms with Crippen LogP contribution in [0, 0.1) is 0 Å². The second-order valence-corrected chi connectivity index (χ2v) is 12.1. The fourth-order valence-corrected chi connectivity index (χ4v) is 6.91. The number of rotatable bonds is 10. The summed E-state index contributed by atoms with van der Waals surface area (Å²) in [5.74, 6) is -1.30. The van der Waals surface area contributed by atoms with Crippen LogP contribution in [0.4, 0.5) is 5.69 Å². The Balaban J connectivity index is 1.40. The van der Waals surface area contributed by atoms with Crippen molar-refractivity contribution in [2.75, 3.05) is 25.5 Å². The number of benzene rings is 2. The van der Waals surface area contributed by atoms with Crippen LogP contribution in [0.25, 0.3) is 0 Å². The summed E-state index contributed by atoms with van der Waals surface area (Å²) in [7, 11) is -2.48. The van der Waals surface area contributed by atoms with Gasteiger partial charge in [-0.05, 0) is 44.0 Å². The monoisotopic (exact) mass is 622 g/mol. The Labute approximate surface area is 246 Å². The predicted octanol–water partition coefficient (Wildman–Crippen LogP) is 4.50. The number of methoxy groups -OCH3 is 1. The maximum atomic E-state index is 14.0. The van der Waals surface area contributed by atoms with Crippen LogP contribution in [0.15, 0.2) is 54.7 Å². The number of hydrogen-bond donors (Lipinski definition) is 4. The standard InChI is InChI=1S/C26H29Cl2N6O6P/c1-16(26(37)39-2)33-41(38,40-18-7-4-3-5-8-18)34-13-11-17(12-14-34)30-25(36)23-21(15-29-32-23)31-24(35)22-19(27)9-6-10-20(22)28/h3-10,15-17H,11-14H2,1-2H3,(H,29,32)(H,30,36)(H,31,35)(H,33,38)/t16-,41?/m0/s1. The third-order valence-electron chi connectivity index (χ3n) is 6.36. The molecule has 3 aromatic rings. The molecule has 2 aromatic carbocycles. The molecule has 4 rings (SSSR count). The Hall–Kier alpha value is -3.41. The SMILES string of the molecule is COC(=O)[C@H](C)NP(=O)(Oc1ccccc1)N1CCC(NC(=O)c2n[nH]cc2NC(=O)c2c(Cl)cccc2Cl)CC1. The highest BCUT2D eigenvalue weighted by Gasteiger charge is 2.39. The number of H-pyrrole nitrogens is 1. The van der Waals surface area contributed by atoms with Crippen LogP contribution in [0.5, 0.6) is 5.75 Å². The highest BCUT2D eigenvalue weighted by molar-refractivity contribution is 7.54. The first-order valence-electron chi connectivity index (χ1n) is 12.7. The van der Waals surface area contributed by atoms with Crippen LogP contribution < -0.4 is 20.2 Å². The van der Waals surface area contributed by atoms with Gasteiger partial charge in [0.15, 0.2) is 5.69 Å². The first-order valence-corrected chi connectivity index (χ1v) is 15.0. The number of nitrogens with zero attached hydrogens (tertiary/aromatic N) is 2. The number of carbonyl (C=O) groups excluding carboxylic acids is 3. The molecule has 0 bridgehead atoms. The number of carbonyl (C=O) groups is 3. The maximum Gasteiger partial charge on any atom is 0.393 e. The third kappa shape index (κ3) is 7.46. The van der Waals surface area contributed by atoms with Gasteiger partial charge in [0, 0.05) is 25.3 Å². The summed E-state index contributed by atoms with van der Waals surface area (Å²) in [4.78, 5) is 37.9. The summed E-state index contributed by atoms with van der Waals surface area (Å²) in [6.45, 7) is 2.13. The molecule has 2 atom stereocenters. The highest BCUT2D eigenvalue weighted by Crippen LogP contribution is 2.48. The van der Waals surface area contributed by atoms with Crippen molar-refractivity contribution >= 4 is 54.3 Å². The Morgan fingerprint density at radius 3 is 2.34 bits per heavy atom. The van der Waals surface area contributed by atoms with E-state index in [1.165, 1.54) is 25.4 Å². The number of hydrogen-bond acceptors (Lipinski definition) is 7. The molecule has 1 unspecified atom stereocenters. The van der Waals surface area contributed by atoms with Crippen molar-refractivity contribution in [1.82, 2.24) is 25.3 Å². The van der Waals surface area contributed by atoms with Gasteiger partial charge in [0.2, 0.25) is 0 Å². The van der Waals surface area contributed by atoms with Crippen molar-refractivity contribution in [3.63, 3.8) is 0 Å². The minimum atomic E-state index is -3.73. The van der Waals surface area contributed by atoms with Crippen LogP contribution in [0.2, 0.25) is 10.0 Å². The number of piperidine rings is 1. The number of anilines is 1. The zero-order valence-electron chi connectivity index (χ0n) is 22.2. The molecule has 1 saturated heterocycles. The summed E-state index contributed by atoms with van der Waals surface area (Å²) in [5, 5.41) is 15.2. The summed E-state index contributed by atoms with van der Waals surface area (Å²) in [6, 6.07) is 12.2. The zero-order valence-corrected chi connectivity index (χ0v) is 24.6. The van der Waals surface area contributed by atoms with Gasteiger partial charge in [-0.1, -0.05) is 47.5 Å². The Bertz CT molecular complexity index is 1430. The van der Waals surface area contributed by atoms with Gasteiger partial charge in [-0.2, -0.15) is 5.10 Å². The Morgan fingerprint density at radius 1 is 1.05 bits per heavy atom. The average Bonchev–Trinajstić information content (AvgIpc) is 3.41. The van der Waals surface area contributed by atoms with E-state index in [2.05, 4.69) is 25.9 Å². The van der Waals surface area contributed by atoms with Crippen LogP contribution >= 0.6 is 30.9 Å². The molecule has 12 nitrogen and oxygen atoms in total. The second-order valence-electron chi connectivity index (χ2n) is 9.20. The molecular formula is C26H29Cl2N6O6P. The van der Waals surface area contributed by atoms with Gasteiger partial charge in [-0.15, -0.1) is 0 Å². The van der Waals surface area contributed by atoms with E-state index in [1.54, 1.807) is 48.0 Å². The molecule has 1 aliphatic heterocycles. The molecule has 0 radical (unpaired) electrons. The van der Waals surface area contributed by atoms with Gasteiger partial charge in [0.05, 0.1) is 28.4 Å². The fourth-order valence-electron chi connectivity index (χ4n) is 4.25. The van der Waals surface area contributed by atoms with Crippen molar-refractivity contribution in [3.05, 3.63) is 76.0 Å². The molecule has 0 spiro atoms. The first-order chi connectivity index (χ1) is 19.6. The Morgan fingerprint density at radius 2 is 1.71 bits per heavy atom. The maximum absolute atomic E-state index is 14.0. The van der Waals surface area contributed by atoms with E-state index in [4.69, 9.17) is 32.5 Å². The van der Waals surface area contributed by atoms with E-state index in [-0.39, 0.29) is 33.0 Å². The molecule has 4 N–H and O–H groups in total. The number of ether oxygens (including phenoxy) is 1. The lowest BCUT2D eigenvalue weighted by molar-refractivity contribution is -0.142. The number of amides is 2. The molecule has 2 amide bonds. The first kappa shape index (κ1) is 30.5. The quantitative estimate of drug-likeness (QED) is 0.189. The molecule has 0 saturated carbocycles. The molecule has 218 valence electrons. The van der Waals surface area contributed by atoms with Crippen molar-refractivity contribution in [2.45, 2.75) is 31.8 Å².